The predicted octanol–water partition coefficient (Wildman–Crippen LogP) is 2.30. The smallest absolute Gasteiger partial charge is 0.334 e. The summed E-state index contributed by atoms with van der Waals surface area (Å²) in [7, 11) is 0.862. The molecule has 1 heterocycles. The SMILES string of the molecule is CN(Cc1cscn1)C(=O)C(F)(F)C(F)(F)F. The van der Waals surface area contributed by atoms with Crippen LogP contribution in [0.3, 0.4) is 0 Å². The van der Waals surface area contributed by atoms with E-state index in [9.17, 15) is 26.7 Å². The maximum absolute atomic E-state index is 12.7. The summed E-state index contributed by atoms with van der Waals surface area (Å²) in [6, 6.07) is 0. The fraction of sp³-hybridized carbons (Fsp3) is 0.500. The highest BCUT2D eigenvalue weighted by Crippen LogP contribution is 2.36. The topological polar surface area (TPSA) is 33.2 Å². The average molecular weight is 274 g/mol. The summed E-state index contributed by atoms with van der Waals surface area (Å²) in [6.45, 7) is -0.395. The summed E-state index contributed by atoms with van der Waals surface area (Å²) in [4.78, 5) is 14.9. The summed E-state index contributed by atoms with van der Waals surface area (Å²) in [5.41, 5.74) is 1.64. The van der Waals surface area contributed by atoms with E-state index in [1.54, 1.807) is 0 Å². The Bertz CT molecular complexity index is 389. The molecule has 0 atom stereocenters. The highest BCUT2D eigenvalue weighted by atomic mass is 32.1. The van der Waals surface area contributed by atoms with E-state index in [-0.39, 0.29) is 5.69 Å². The van der Waals surface area contributed by atoms with Gasteiger partial charge in [0.1, 0.15) is 0 Å². The minimum absolute atomic E-state index is 0.254. The van der Waals surface area contributed by atoms with Gasteiger partial charge in [-0.1, -0.05) is 0 Å². The number of carbonyl (C=O) groups excluding carboxylic acids is 1. The number of alkyl halides is 5. The van der Waals surface area contributed by atoms with E-state index in [4.69, 9.17) is 0 Å². The highest BCUT2D eigenvalue weighted by Gasteiger charge is 2.64. The van der Waals surface area contributed by atoms with Crippen molar-refractivity contribution in [2.75, 3.05) is 7.05 Å². The molecule has 96 valence electrons. The lowest BCUT2D eigenvalue weighted by Gasteiger charge is -2.24. The van der Waals surface area contributed by atoms with Crippen molar-refractivity contribution < 1.29 is 26.7 Å². The van der Waals surface area contributed by atoms with E-state index in [1.807, 2.05) is 0 Å². The molecule has 0 N–H and O–H groups in total. The van der Waals surface area contributed by atoms with E-state index < -0.39 is 24.6 Å². The largest absolute Gasteiger partial charge is 0.463 e. The molecule has 1 amide bonds. The molecule has 0 radical (unpaired) electrons. The Morgan fingerprint density at radius 3 is 2.41 bits per heavy atom. The van der Waals surface area contributed by atoms with Crippen LogP contribution in [-0.2, 0) is 11.3 Å². The van der Waals surface area contributed by atoms with Crippen LogP contribution in [0.2, 0.25) is 0 Å². The number of thiazole rings is 1. The molecule has 9 heteroatoms. The van der Waals surface area contributed by atoms with Gasteiger partial charge >= 0.3 is 18.0 Å². The zero-order chi connectivity index (χ0) is 13.3. The minimum atomic E-state index is -5.89. The number of halogens is 5. The molecule has 0 aliphatic carbocycles. The number of hydrogen-bond acceptors (Lipinski definition) is 3. The van der Waals surface area contributed by atoms with Gasteiger partial charge in [0.2, 0.25) is 0 Å². The van der Waals surface area contributed by atoms with E-state index in [0.717, 1.165) is 18.4 Å². The van der Waals surface area contributed by atoms with Gasteiger partial charge in [-0.25, -0.2) is 4.98 Å². The first-order valence-corrected chi connectivity index (χ1v) is 5.17. The quantitative estimate of drug-likeness (QED) is 0.792. The normalized spacial score (nSPS) is 12.6. The van der Waals surface area contributed by atoms with Gasteiger partial charge in [0, 0.05) is 12.4 Å². The first-order valence-electron chi connectivity index (χ1n) is 4.23. The summed E-state index contributed by atoms with van der Waals surface area (Å²) >= 11 is 1.15. The second-order valence-electron chi connectivity index (χ2n) is 3.21. The van der Waals surface area contributed by atoms with Crippen LogP contribution in [0.4, 0.5) is 22.0 Å². The number of carbonyl (C=O) groups is 1. The van der Waals surface area contributed by atoms with Crippen LogP contribution in [0.25, 0.3) is 0 Å². The van der Waals surface area contributed by atoms with Crippen molar-refractivity contribution in [1.82, 2.24) is 9.88 Å². The lowest BCUT2D eigenvalue weighted by molar-refractivity contribution is -0.274. The Kier molecular flexibility index (Phi) is 3.70. The van der Waals surface area contributed by atoms with Crippen molar-refractivity contribution in [3.05, 3.63) is 16.6 Å². The minimum Gasteiger partial charge on any atom is -0.334 e. The predicted molar refractivity (Wildman–Crippen MR) is 49.6 cm³/mol. The molecule has 0 aliphatic rings. The van der Waals surface area contributed by atoms with Crippen LogP contribution >= 0.6 is 11.3 Å². The lowest BCUT2D eigenvalue weighted by Crippen LogP contribution is -2.50. The number of rotatable bonds is 3. The molecule has 0 saturated carbocycles. The molecule has 1 aromatic rings. The molecular formula is C8H7F5N2OS. The molecule has 0 unspecified atom stereocenters. The fourth-order valence-corrected chi connectivity index (χ4v) is 1.54. The molecule has 0 aromatic carbocycles. The van der Waals surface area contributed by atoms with Crippen LogP contribution in [0.15, 0.2) is 10.9 Å². The first-order chi connectivity index (χ1) is 7.66. The Morgan fingerprint density at radius 2 is 2.00 bits per heavy atom. The zero-order valence-corrected chi connectivity index (χ0v) is 9.28. The van der Waals surface area contributed by atoms with Crippen molar-refractivity contribution >= 4 is 17.2 Å². The average Bonchev–Trinajstić information content (AvgIpc) is 2.67. The molecule has 0 saturated heterocycles. The van der Waals surface area contributed by atoms with Gasteiger partial charge in [-0.15, -0.1) is 11.3 Å². The van der Waals surface area contributed by atoms with Crippen molar-refractivity contribution in [3.63, 3.8) is 0 Å². The Morgan fingerprint density at radius 1 is 1.41 bits per heavy atom. The highest BCUT2D eigenvalue weighted by molar-refractivity contribution is 7.07. The van der Waals surface area contributed by atoms with Gasteiger partial charge in [-0.3, -0.25) is 4.79 Å². The van der Waals surface area contributed by atoms with E-state index >= 15 is 0 Å². The maximum Gasteiger partial charge on any atom is 0.463 e. The number of aromatic nitrogens is 1. The lowest BCUT2D eigenvalue weighted by atomic mass is 10.2. The van der Waals surface area contributed by atoms with Gasteiger partial charge in [0.15, 0.2) is 0 Å². The summed E-state index contributed by atoms with van der Waals surface area (Å²) in [6.07, 6.45) is -5.89. The van der Waals surface area contributed by atoms with Gasteiger partial charge < -0.3 is 4.90 Å². The van der Waals surface area contributed by atoms with Gasteiger partial charge in [-0.2, -0.15) is 22.0 Å². The third-order valence-corrected chi connectivity index (χ3v) is 2.49. The molecule has 17 heavy (non-hydrogen) atoms. The van der Waals surface area contributed by atoms with Crippen LogP contribution in [0.1, 0.15) is 5.69 Å². The van der Waals surface area contributed by atoms with Crippen molar-refractivity contribution in [3.8, 4) is 0 Å². The fourth-order valence-electron chi connectivity index (χ4n) is 0.991. The second-order valence-corrected chi connectivity index (χ2v) is 3.93. The first kappa shape index (κ1) is 13.8. The third kappa shape index (κ3) is 2.90. The Hall–Kier alpha value is -1.25. The third-order valence-electron chi connectivity index (χ3n) is 1.85. The van der Waals surface area contributed by atoms with Crippen LogP contribution in [0, 0.1) is 0 Å². The van der Waals surface area contributed by atoms with E-state index in [0.29, 0.717) is 4.90 Å². The number of nitrogens with zero attached hydrogens (tertiary/aromatic N) is 2. The summed E-state index contributed by atoms with van der Waals surface area (Å²) < 4.78 is 61.1. The van der Waals surface area contributed by atoms with Crippen LogP contribution in [-0.4, -0.2) is 34.9 Å². The van der Waals surface area contributed by atoms with E-state index in [2.05, 4.69) is 4.98 Å². The van der Waals surface area contributed by atoms with E-state index in [1.165, 1.54) is 10.9 Å². The van der Waals surface area contributed by atoms with Crippen LogP contribution < -0.4 is 0 Å². The molecule has 1 aromatic heterocycles. The summed E-state index contributed by atoms with van der Waals surface area (Å²) in [5.74, 6) is -7.67. The van der Waals surface area contributed by atoms with Gasteiger partial charge in [0.25, 0.3) is 0 Å². The van der Waals surface area contributed by atoms with Crippen molar-refractivity contribution in [1.29, 1.82) is 0 Å². The number of amides is 1. The standard InChI is InChI=1S/C8H7F5N2OS/c1-15(2-5-3-17-4-14-5)6(16)7(9,10)8(11,12)13/h3-4H,2H2,1H3. The molecule has 1 rings (SSSR count). The Balaban J connectivity index is 2.76. The van der Waals surface area contributed by atoms with Crippen LogP contribution in [0.5, 0.6) is 0 Å². The molecule has 0 spiro atoms. The Labute approximate surface area is 96.9 Å². The monoisotopic (exact) mass is 274 g/mol. The second kappa shape index (κ2) is 4.55. The molecule has 3 nitrogen and oxygen atoms in total. The van der Waals surface area contributed by atoms with Crippen molar-refractivity contribution in [2.45, 2.75) is 18.6 Å². The maximum atomic E-state index is 12.7. The molecule has 0 fully saturated rings. The molecular weight excluding hydrogens is 267 g/mol. The van der Waals surface area contributed by atoms with Crippen molar-refractivity contribution in [2.24, 2.45) is 0 Å². The van der Waals surface area contributed by atoms with Gasteiger partial charge in [0.05, 0.1) is 17.7 Å². The number of hydrogen-bond donors (Lipinski definition) is 0. The van der Waals surface area contributed by atoms with Gasteiger partial charge in [-0.05, 0) is 0 Å². The zero-order valence-electron chi connectivity index (χ0n) is 8.46. The molecule has 0 bridgehead atoms. The molecule has 0 aliphatic heterocycles. The summed E-state index contributed by atoms with van der Waals surface area (Å²) in [5, 5.41) is 1.45.